The Morgan fingerprint density at radius 1 is 1.37 bits per heavy atom. The maximum absolute atomic E-state index is 10.9. The van der Waals surface area contributed by atoms with Gasteiger partial charge in [-0.2, -0.15) is 0 Å². The number of aromatic carboxylic acids is 1. The van der Waals surface area contributed by atoms with Crippen LogP contribution in [0.25, 0.3) is 0 Å². The van der Waals surface area contributed by atoms with Gasteiger partial charge in [-0.05, 0) is 55.2 Å². The van der Waals surface area contributed by atoms with Gasteiger partial charge in [-0.3, -0.25) is 0 Å². The van der Waals surface area contributed by atoms with Gasteiger partial charge in [0.15, 0.2) is 0 Å². The van der Waals surface area contributed by atoms with Gasteiger partial charge >= 0.3 is 5.97 Å². The summed E-state index contributed by atoms with van der Waals surface area (Å²) >= 11 is 0. The van der Waals surface area contributed by atoms with Crippen molar-refractivity contribution in [1.82, 2.24) is 0 Å². The van der Waals surface area contributed by atoms with Crippen molar-refractivity contribution in [3.8, 4) is 0 Å². The molecule has 3 N–H and O–H groups in total. The highest BCUT2D eigenvalue weighted by Crippen LogP contribution is 2.39. The largest absolute Gasteiger partial charge is 0.478 e. The molecule has 0 aliphatic heterocycles. The average molecular weight is 263 g/mol. The molecule has 0 atom stereocenters. The number of nitrogens with two attached hydrogens (primary N) is 1. The molecule has 0 bridgehead atoms. The molecule has 0 aromatic heterocycles. The number of carboxylic acid groups (broad SMARTS) is 1. The van der Waals surface area contributed by atoms with E-state index in [-0.39, 0.29) is 6.99 Å². The number of anilines is 1. The molecule has 0 saturated heterocycles. The zero-order valence-corrected chi connectivity index (χ0v) is 11.6. The van der Waals surface area contributed by atoms with Crippen molar-refractivity contribution < 1.29 is 11.3 Å². The molecule has 1 aromatic rings. The Morgan fingerprint density at radius 3 is 2.58 bits per heavy atom. The molecular weight excluding hydrogens is 238 g/mol. The Balaban J connectivity index is 0.00000200. The molecule has 0 unspecified atom stereocenters. The van der Waals surface area contributed by atoms with Crippen LogP contribution in [0, 0.1) is 5.92 Å². The summed E-state index contributed by atoms with van der Waals surface area (Å²) in [6.07, 6.45) is 7.52. The molecule has 0 amide bonds. The van der Waals surface area contributed by atoms with Crippen LogP contribution in [-0.4, -0.2) is 11.1 Å². The lowest BCUT2D eigenvalue weighted by Gasteiger charge is -2.29. The lowest BCUT2D eigenvalue weighted by atomic mass is 9.77. The minimum absolute atomic E-state index is 0. The third kappa shape index (κ3) is 3.28. The number of hydrogen-bond donors (Lipinski definition) is 2. The van der Waals surface area contributed by atoms with Crippen molar-refractivity contribution in [3.05, 3.63) is 29.3 Å². The second kappa shape index (κ2) is 6.09. The van der Waals surface area contributed by atoms with Crippen LogP contribution in [-0.2, 0) is 0 Å². The molecule has 2 rings (SSSR count). The van der Waals surface area contributed by atoms with E-state index in [9.17, 15) is 4.79 Å². The molecule has 1 aliphatic carbocycles. The molecule has 19 heavy (non-hydrogen) atoms. The van der Waals surface area contributed by atoms with E-state index in [2.05, 4.69) is 6.92 Å². The first-order chi connectivity index (χ1) is 9.11. The summed E-state index contributed by atoms with van der Waals surface area (Å²) in [5.41, 5.74) is 8.08. The van der Waals surface area contributed by atoms with E-state index in [4.69, 9.17) is 10.8 Å². The maximum Gasteiger partial charge on any atom is 0.335 e. The second-order valence-corrected chi connectivity index (χ2v) is 5.66. The number of hydrogen-bond acceptors (Lipinski definition) is 2. The molecule has 0 heterocycles. The summed E-state index contributed by atoms with van der Waals surface area (Å²) in [4.78, 5) is 10.9. The van der Waals surface area contributed by atoms with Crippen LogP contribution >= 0.6 is 0 Å². The summed E-state index contributed by atoms with van der Waals surface area (Å²) in [6.45, 7) is 2.24. The SMILES string of the molecule is CCCC1CCC(c2ccc(C(=O)O)cc2N)CC1.[HH]. The highest BCUT2D eigenvalue weighted by atomic mass is 16.4. The summed E-state index contributed by atoms with van der Waals surface area (Å²) < 4.78 is 0. The van der Waals surface area contributed by atoms with E-state index in [1.165, 1.54) is 38.5 Å². The Bertz CT molecular complexity index is 454. The predicted octanol–water partition coefficient (Wildman–Crippen LogP) is 4.29. The third-order valence-electron chi connectivity index (χ3n) is 4.32. The van der Waals surface area contributed by atoms with Crippen LogP contribution in [0.5, 0.6) is 0 Å². The third-order valence-corrected chi connectivity index (χ3v) is 4.32. The molecule has 1 fully saturated rings. The second-order valence-electron chi connectivity index (χ2n) is 5.66. The molecule has 0 spiro atoms. The topological polar surface area (TPSA) is 63.3 Å². The number of benzene rings is 1. The average Bonchev–Trinajstić information content (AvgIpc) is 2.40. The normalized spacial score (nSPS) is 23.2. The first-order valence-electron chi connectivity index (χ1n) is 7.24. The van der Waals surface area contributed by atoms with Gasteiger partial charge in [0.1, 0.15) is 0 Å². The van der Waals surface area contributed by atoms with Gasteiger partial charge in [-0.1, -0.05) is 25.8 Å². The molecule has 0 radical (unpaired) electrons. The molecule has 106 valence electrons. The first-order valence-corrected chi connectivity index (χ1v) is 7.24. The van der Waals surface area contributed by atoms with Crippen molar-refractivity contribution in [2.75, 3.05) is 5.73 Å². The number of carboxylic acids is 1. The fourth-order valence-corrected chi connectivity index (χ4v) is 3.25. The fraction of sp³-hybridized carbons (Fsp3) is 0.562. The van der Waals surface area contributed by atoms with Crippen molar-refractivity contribution >= 4 is 11.7 Å². The molecular formula is C16H25NO2. The predicted molar refractivity (Wildman–Crippen MR) is 79.5 cm³/mol. The quantitative estimate of drug-likeness (QED) is 0.797. The Kier molecular flexibility index (Phi) is 4.46. The van der Waals surface area contributed by atoms with Gasteiger partial charge in [0.2, 0.25) is 0 Å². The highest BCUT2D eigenvalue weighted by molar-refractivity contribution is 5.89. The lowest BCUT2D eigenvalue weighted by molar-refractivity contribution is 0.0697. The summed E-state index contributed by atoms with van der Waals surface area (Å²) in [7, 11) is 0. The molecule has 1 aromatic carbocycles. The smallest absolute Gasteiger partial charge is 0.335 e. The van der Waals surface area contributed by atoms with Crippen LogP contribution in [0.4, 0.5) is 5.69 Å². The Labute approximate surface area is 116 Å². The van der Waals surface area contributed by atoms with Crippen LogP contribution in [0.15, 0.2) is 18.2 Å². The van der Waals surface area contributed by atoms with Gasteiger partial charge in [0.25, 0.3) is 0 Å². The van der Waals surface area contributed by atoms with Crippen LogP contribution in [0.3, 0.4) is 0 Å². The van der Waals surface area contributed by atoms with E-state index in [0.717, 1.165) is 11.5 Å². The van der Waals surface area contributed by atoms with Crippen molar-refractivity contribution in [3.63, 3.8) is 0 Å². The van der Waals surface area contributed by atoms with E-state index >= 15 is 0 Å². The molecule has 1 aliphatic rings. The molecule has 3 nitrogen and oxygen atoms in total. The highest BCUT2D eigenvalue weighted by Gasteiger charge is 2.23. The van der Waals surface area contributed by atoms with E-state index in [1.54, 1.807) is 12.1 Å². The number of nitrogen functional groups attached to an aromatic ring is 1. The molecule has 1 saturated carbocycles. The first kappa shape index (κ1) is 13.9. The minimum atomic E-state index is -0.912. The van der Waals surface area contributed by atoms with Crippen LogP contribution in [0.2, 0.25) is 0 Å². The standard InChI is InChI=1S/C16H23NO2.H2/c1-2-3-11-4-6-12(7-5-11)14-9-8-13(16(18)19)10-15(14)17;/h8-12H,2-7,17H2,1H3,(H,18,19);1H. The van der Waals surface area contributed by atoms with Crippen molar-refractivity contribution in [2.24, 2.45) is 5.92 Å². The van der Waals surface area contributed by atoms with Crippen molar-refractivity contribution in [1.29, 1.82) is 0 Å². The minimum Gasteiger partial charge on any atom is -0.478 e. The fourth-order valence-electron chi connectivity index (χ4n) is 3.25. The van der Waals surface area contributed by atoms with E-state index in [0.29, 0.717) is 11.6 Å². The zero-order chi connectivity index (χ0) is 13.8. The monoisotopic (exact) mass is 263 g/mol. The summed E-state index contributed by atoms with van der Waals surface area (Å²) in [5, 5.41) is 8.95. The number of rotatable bonds is 4. The van der Waals surface area contributed by atoms with Gasteiger partial charge in [0, 0.05) is 7.11 Å². The van der Waals surface area contributed by atoms with Gasteiger partial charge in [-0.15, -0.1) is 0 Å². The van der Waals surface area contributed by atoms with Crippen LogP contribution in [0.1, 0.15) is 68.7 Å². The molecule has 3 heteroatoms. The maximum atomic E-state index is 10.9. The van der Waals surface area contributed by atoms with E-state index < -0.39 is 5.97 Å². The van der Waals surface area contributed by atoms with E-state index in [1.807, 2.05) is 6.07 Å². The van der Waals surface area contributed by atoms with Gasteiger partial charge in [0.05, 0.1) is 5.56 Å². The summed E-state index contributed by atoms with van der Waals surface area (Å²) in [6, 6.07) is 5.17. The Morgan fingerprint density at radius 2 is 2.05 bits per heavy atom. The van der Waals surface area contributed by atoms with Crippen LogP contribution < -0.4 is 5.73 Å². The van der Waals surface area contributed by atoms with Crippen molar-refractivity contribution in [2.45, 2.75) is 51.4 Å². The lowest BCUT2D eigenvalue weighted by Crippen LogP contribution is -2.14. The van der Waals surface area contributed by atoms with Gasteiger partial charge < -0.3 is 10.8 Å². The number of carbonyl (C=O) groups is 1. The Hall–Kier alpha value is -1.51. The zero-order valence-electron chi connectivity index (χ0n) is 11.6. The van der Waals surface area contributed by atoms with Gasteiger partial charge in [-0.25, -0.2) is 4.79 Å². The summed E-state index contributed by atoms with van der Waals surface area (Å²) in [5.74, 6) is 0.474.